The Balaban J connectivity index is 1.92. The van der Waals surface area contributed by atoms with Crippen LogP contribution in [0.5, 0.6) is 0 Å². The van der Waals surface area contributed by atoms with Crippen molar-refractivity contribution in [2.24, 2.45) is 0 Å². The van der Waals surface area contributed by atoms with E-state index in [0.29, 0.717) is 16.9 Å². The molecule has 0 fully saturated rings. The number of benzene rings is 2. The third-order valence-corrected chi connectivity index (χ3v) is 7.29. The third kappa shape index (κ3) is 5.68. The van der Waals surface area contributed by atoms with E-state index in [4.69, 9.17) is 5.26 Å². The molecule has 0 heterocycles. The molecule has 0 radical (unpaired) electrons. The maximum atomic E-state index is 13.0. The minimum atomic E-state index is -3.63. The Hall–Kier alpha value is -2.69. The van der Waals surface area contributed by atoms with Crippen LogP contribution >= 0.6 is 0 Å². The van der Waals surface area contributed by atoms with Crippen LogP contribution in [0.25, 0.3) is 0 Å². The average Bonchev–Trinajstić information content (AvgIpc) is 2.66. The molecule has 1 unspecified atom stereocenters. The number of carbonyl (C=O) groups excluding carboxylic acids is 1. The fourth-order valence-corrected chi connectivity index (χ4v) is 5.13. The first-order valence-corrected chi connectivity index (χ1v) is 11.3. The summed E-state index contributed by atoms with van der Waals surface area (Å²) in [4.78, 5) is 12.6. The van der Waals surface area contributed by atoms with Gasteiger partial charge in [0.1, 0.15) is 0 Å². The fourth-order valence-electron chi connectivity index (χ4n) is 3.56. The molecule has 0 aliphatic carbocycles. The van der Waals surface area contributed by atoms with E-state index in [-0.39, 0.29) is 24.9 Å². The Morgan fingerprint density at radius 1 is 1.13 bits per heavy atom. The molecule has 0 bridgehead atoms. The summed E-state index contributed by atoms with van der Waals surface area (Å²) in [6.07, 6.45) is 0.290. The van der Waals surface area contributed by atoms with Crippen LogP contribution in [-0.4, -0.2) is 38.8 Å². The molecule has 1 atom stereocenters. The van der Waals surface area contributed by atoms with E-state index < -0.39 is 10.0 Å². The summed E-state index contributed by atoms with van der Waals surface area (Å²) in [5.74, 6) is -0.141. The number of sulfonamides is 1. The van der Waals surface area contributed by atoms with Gasteiger partial charge in [-0.15, -0.1) is 0 Å². The number of nitrogens with zero attached hydrogens (tertiary/aromatic N) is 2. The van der Waals surface area contributed by atoms with Gasteiger partial charge in [-0.2, -0.15) is 9.57 Å². The van der Waals surface area contributed by atoms with E-state index in [2.05, 4.69) is 11.4 Å². The van der Waals surface area contributed by atoms with E-state index in [9.17, 15) is 13.2 Å². The Kier molecular flexibility index (Phi) is 7.77. The smallest absolute Gasteiger partial charge is 0.243 e. The van der Waals surface area contributed by atoms with Gasteiger partial charge in [-0.25, -0.2) is 8.42 Å². The van der Waals surface area contributed by atoms with Crippen molar-refractivity contribution in [2.75, 3.05) is 20.1 Å². The summed E-state index contributed by atoms with van der Waals surface area (Å²) in [6.45, 7) is 7.90. The zero-order chi connectivity index (χ0) is 22.5. The maximum absolute atomic E-state index is 13.0. The summed E-state index contributed by atoms with van der Waals surface area (Å²) in [7, 11) is -2.10. The van der Waals surface area contributed by atoms with Gasteiger partial charge in [0, 0.05) is 26.6 Å². The third-order valence-electron chi connectivity index (χ3n) is 5.12. The van der Waals surface area contributed by atoms with Gasteiger partial charge in [0.25, 0.3) is 0 Å². The molecule has 0 aliphatic heterocycles. The number of likely N-dealkylation sites (N-methyl/N-ethyl adjacent to an activating group) is 1. The first-order chi connectivity index (χ1) is 14.1. The summed E-state index contributed by atoms with van der Waals surface area (Å²) in [5, 5.41) is 11.7. The molecule has 0 saturated heterocycles. The van der Waals surface area contributed by atoms with Gasteiger partial charge >= 0.3 is 0 Å². The fraction of sp³-hybridized carbons (Fsp3) is 0.391. The Morgan fingerprint density at radius 3 is 2.23 bits per heavy atom. The number of hydrogen-bond donors (Lipinski definition) is 1. The van der Waals surface area contributed by atoms with Crippen molar-refractivity contribution < 1.29 is 13.2 Å². The lowest BCUT2D eigenvalue weighted by Gasteiger charge is -2.21. The molecule has 0 spiro atoms. The molecule has 0 aliphatic rings. The lowest BCUT2D eigenvalue weighted by atomic mass is 9.96. The van der Waals surface area contributed by atoms with Crippen molar-refractivity contribution in [3.63, 3.8) is 0 Å². The molecule has 160 valence electrons. The Labute approximate surface area is 179 Å². The molecule has 1 N–H and O–H groups in total. The standard InChI is InChI=1S/C23H29N3O3S/c1-16-12-18(3)23(19(4)13-16)30(28,29)26(5)11-10-25-22(27)14-17(2)21-8-6-20(15-24)7-9-21/h6-9,12-13,17H,10-11,14H2,1-5H3,(H,25,27). The first kappa shape index (κ1) is 23.6. The van der Waals surface area contributed by atoms with Gasteiger partial charge in [-0.3, -0.25) is 4.79 Å². The highest BCUT2D eigenvalue weighted by molar-refractivity contribution is 7.89. The van der Waals surface area contributed by atoms with Crippen molar-refractivity contribution in [3.8, 4) is 6.07 Å². The van der Waals surface area contributed by atoms with Gasteiger partial charge in [-0.05, 0) is 55.5 Å². The van der Waals surface area contributed by atoms with E-state index in [1.807, 2.05) is 38.1 Å². The largest absolute Gasteiger partial charge is 0.355 e. The van der Waals surface area contributed by atoms with Gasteiger partial charge in [-0.1, -0.05) is 36.8 Å². The first-order valence-electron chi connectivity index (χ1n) is 9.87. The molecule has 2 aromatic rings. The summed E-state index contributed by atoms with van der Waals surface area (Å²) >= 11 is 0. The van der Waals surface area contributed by atoms with Crippen molar-refractivity contribution >= 4 is 15.9 Å². The Bertz CT molecular complexity index is 1030. The van der Waals surface area contributed by atoms with E-state index in [0.717, 1.165) is 22.3 Å². The number of carbonyl (C=O) groups is 1. The SMILES string of the molecule is Cc1cc(C)c(S(=O)(=O)N(C)CCNC(=O)CC(C)c2ccc(C#N)cc2)c(C)c1. The monoisotopic (exact) mass is 427 g/mol. The second-order valence-electron chi connectivity index (χ2n) is 7.74. The highest BCUT2D eigenvalue weighted by atomic mass is 32.2. The molecule has 7 heteroatoms. The summed E-state index contributed by atoms with van der Waals surface area (Å²) < 4.78 is 27.2. The lowest BCUT2D eigenvalue weighted by Crippen LogP contribution is -2.36. The molecule has 1 amide bonds. The predicted octanol–water partition coefficient (Wildman–Crippen LogP) is 3.41. The highest BCUT2D eigenvalue weighted by Gasteiger charge is 2.25. The zero-order valence-electron chi connectivity index (χ0n) is 18.2. The van der Waals surface area contributed by atoms with Crippen LogP contribution in [0.4, 0.5) is 0 Å². The lowest BCUT2D eigenvalue weighted by molar-refractivity contribution is -0.121. The normalized spacial score (nSPS) is 12.4. The number of nitrogens with one attached hydrogen (secondary N) is 1. The molecule has 0 aromatic heterocycles. The van der Waals surface area contributed by atoms with Crippen LogP contribution in [0.15, 0.2) is 41.3 Å². The van der Waals surface area contributed by atoms with Crippen LogP contribution in [0, 0.1) is 32.1 Å². The summed E-state index contributed by atoms with van der Waals surface area (Å²) in [6, 6.07) is 13.0. The van der Waals surface area contributed by atoms with Crippen LogP contribution < -0.4 is 5.32 Å². The van der Waals surface area contributed by atoms with E-state index >= 15 is 0 Å². The van der Waals surface area contributed by atoms with Crippen molar-refractivity contribution in [3.05, 3.63) is 64.2 Å². The van der Waals surface area contributed by atoms with Gasteiger partial charge in [0.05, 0.1) is 16.5 Å². The molecule has 30 heavy (non-hydrogen) atoms. The average molecular weight is 428 g/mol. The zero-order valence-corrected chi connectivity index (χ0v) is 19.0. The highest BCUT2D eigenvalue weighted by Crippen LogP contribution is 2.24. The molecule has 0 saturated carbocycles. The van der Waals surface area contributed by atoms with E-state index in [1.54, 1.807) is 26.0 Å². The van der Waals surface area contributed by atoms with Gasteiger partial charge < -0.3 is 5.32 Å². The van der Waals surface area contributed by atoms with Crippen LogP contribution in [0.1, 0.15) is 47.1 Å². The maximum Gasteiger partial charge on any atom is 0.243 e. The van der Waals surface area contributed by atoms with Crippen molar-refractivity contribution in [1.29, 1.82) is 5.26 Å². The topological polar surface area (TPSA) is 90.3 Å². The number of amides is 1. The van der Waals surface area contributed by atoms with Crippen LogP contribution in [0.2, 0.25) is 0 Å². The minimum Gasteiger partial charge on any atom is -0.355 e. The molecular weight excluding hydrogens is 398 g/mol. The van der Waals surface area contributed by atoms with Crippen LogP contribution in [0.3, 0.4) is 0 Å². The molecule has 2 rings (SSSR count). The molecule has 6 nitrogen and oxygen atoms in total. The molecular formula is C23H29N3O3S. The molecule has 2 aromatic carbocycles. The Morgan fingerprint density at radius 2 is 1.70 bits per heavy atom. The van der Waals surface area contributed by atoms with E-state index in [1.165, 1.54) is 11.4 Å². The number of hydrogen-bond acceptors (Lipinski definition) is 4. The summed E-state index contributed by atoms with van der Waals surface area (Å²) in [5.41, 5.74) is 4.03. The second-order valence-corrected chi connectivity index (χ2v) is 9.73. The quantitative estimate of drug-likeness (QED) is 0.699. The van der Waals surface area contributed by atoms with Crippen molar-refractivity contribution in [1.82, 2.24) is 9.62 Å². The van der Waals surface area contributed by atoms with Gasteiger partial charge in [0.2, 0.25) is 15.9 Å². The van der Waals surface area contributed by atoms with Crippen LogP contribution in [-0.2, 0) is 14.8 Å². The minimum absolute atomic E-state index is 0.00272. The second kappa shape index (κ2) is 9.88. The number of aryl methyl sites for hydroxylation is 3. The number of rotatable bonds is 8. The number of nitriles is 1. The predicted molar refractivity (Wildman–Crippen MR) is 118 cm³/mol. The van der Waals surface area contributed by atoms with Crippen molar-refractivity contribution in [2.45, 2.75) is 44.9 Å². The van der Waals surface area contributed by atoms with Gasteiger partial charge in [0.15, 0.2) is 0 Å².